The van der Waals surface area contributed by atoms with Crippen LogP contribution in [-0.2, 0) is 14.6 Å². The number of fused-ring (bicyclic) bond motifs is 1. The molecule has 16 heavy (non-hydrogen) atoms. The standard InChI is InChI=1S/C9H16N2O4S/c1-15-4-2-3-11-8-6-16(13,14)5-7(8)10-9(11)12/h7-8H,2-6H2,1H3,(H,10,12)/t7-,8+/m1/s1. The molecule has 0 aliphatic carbocycles. The highest BCUT2D eigenvalue weighted by Crippen LogP contribution is 2.24. The Labute approximate surface area is 94.9 Å². The van der Waals surface area contributed by atoms with E-state index in [0.717, 1.165) is 6.42 Å². The summed E-state index contributed by atoms with van der Waals surface area (Å²) in [5.74, 6) is 0.160. The van der Waals surface area contributed by atoms with Gasteiger partial charge in [-0.3, -0.25) is 0 Å². The molecule has 0 saturated carbocycles. The topological polar surface area (TPSA) is 75.7 Å². The molecule has 2 aliphatic rings. The van der Waals surface area contributed by atoms with E-state index in [-0.39, 0.29) is 29.6 Å². The van der Waals surface area contributed by atoms with E-state index in [4.69, 9.17) is 4.74 Å². The van der Waals surface area contributed by atoms with Crippen LogP contribution < -0.4 is 5.32 Å². The van der Waals surface area contributed by atoms with Gasteiger partial charge < -0.3 is 15.0 Å². The summed E-state index contributed by atoms with van der Waals surface area (Å²) in [6.45, 7) is 1.13. The Balaban J connectivity index is 1.99. The second-order valence-electron chi connectivity index (χ2n) is 4.24. The Hall–Kier alpha value is -0.820. The molecule has 2 aliphatic heterocycles. The van der Waals surface area contributed by atoms with Gasteiger partial charge in [-0.2, -0.15) is 0 Å². The SMILES string of the molecule is COCCCN1C(=O)N[C@@H]2CS(=O)(=O)C[C@@H]21. The molecular formula is C9H16N2O4S. The lowest BCUT2D eigenvalue weighted by molar-refractivity contribution is 0.169. The summed E-state index contributed by atoms with van der Waals surface area (Å²) in [7, 11) is -1.38. The normalized spacial score (nSPS) is 31.6. The van der Waals surface area contributed by atoms with Gasteiger partial charge in [0, 0.05) is 20.3 Å². The Morgan fingerprint density at radius 3 is 2.94 bits per heavy atom. The Morgan fingerprint density at radius 2 is 2.25 bits per heavy atom. The number of methoxy groups -OCH3 is 1. The summed E-state index contributed by atoms with van der Waals surface area (Å²) in [5.41, 5.74) is 0. The van der Waals surface area contributed by atoms with Crippen molar-refractivity contribution in [2.75, 3.05) is 31.8 Å². The van der Waals surface area contributed by atoms with Crippen molar-refractivity contribution in [2.24, 2.45) is 0 Å². The van der Waals surface area contributed by atoms with Gasteiger partial charge in [0.05, 0.1) is 23.6 Å². The van der Waals surface area contributed by atoms with Crippen molar-refractivity contribution < 1.29 is 17.9 Å². The van der Waals surface area contributed by atoms with Crippen LogP contribution in [0.5, 0.6) is 0 Å². The van der Waals surface area contributed by atoms with Gasteiger partial charge in [-0.15, -0.1) is 0 Å². The smallest absolute Gasteiger partial charge is 0.318 e. The second kappa shape index (κ2) is 4.21. The van der Waals surface area contributed by atoms with Gasteiger partial charge in [0.25, 0.3) is 0 Å². The Morgan fingerprint density at radius 1 is 1.50 bits per heavy atom. The fraction of sp³-hybridized carbons (Fsp3) is 0.889. The van der Waals surface area contributed by atoms with Crippen molar-refractivity contribution in [1.82, 2.24) is 10.2 Å². The van der Waals surface area contributed by atoms with Crippen LogP contribution in [0.3, 0.4) is 0 Å². The number of nitrogens with one attached hydrogen (secondary N) is 1. The van der Waals surface area contributed by atoms with Crippen molar-refractivity contribution in [1.29, 1.82) is 0 Å². The van der Waals surface area contributed by atoms with Crippen LogP contribution >= 0.6 is 0 Å². The van der Waals surface area contributed by atoms with Crippen LogP contribution in [0.1, 0.15) is 6.42 Å². The molecule has 0 unspecified atom stereocenters. The number of carbonyl (C=O) groups is 1. The van der Waals surface area contributed by atoms with Gasteiger partial charge in [0.15, 0.2) is 9.84 Å². The van der Waals surface area contributed by atoms with Crippen molar-refractivity contribution >= 4 is 15.9 Å². The zero-order valence-electron chi connectivity index (χ0n) is 9.18. The average molecular weight is 248 g/mol. The van der Waals surface area contributed by atoms with E-state index in [1.54, 1.807) is 12.0 Å². The monoisotopic (exact) mass is 248 g/mol. The van der Waals surface area contributed by atoms with Crippen molar-refractivity contribution in [2.45, 2.75) is 18.5 Å². The highest BCUT2D eigenvalue weighted by molar-refractivity contribution is 7.91. The summed E-state index contributed by atoms with van der Waals surface area (Å²) in [4.78, 5) is 13.2. The molecule has 0 spiro atoms. The minimum atomic E-state index is -2.98. The van der Waals surface area contributed by atoms with Gasteiger partial charge in [-0.1, -0.05) is 0 Å². The third kappa shape index (κ3) is 2.15. The second-order valence-corrected chi connectivity index (χ2v) is 6.39. The molecule has 0 aromatic carbocycles. The zero-order chi connectivity index (χ0) is 11.8. The summed E-state index contributed by atoms with van der Waals surface area (Å²) in [6.07, 6.45) is 0.729. The molecule has 92 valence electrons. The number of sulfone groups is 1. The molecule has 2 rings (SSSR count). The lowest BCUT2D eigenvalue weighted by Gasteiger charge is -2.20. The van der Waals surface area contributed by atoms with E-state index < -0.39 is 9.84 Å². The fourth-order valence-electron chi connectivity index (χ4n) is 2.31. The highest BCUT2D eigenvalue weighted by Gasteiger charge is 2.48. The van der Waals surface area contributed by atoms with E-state index in [9.17, 15) is 13.2 Å². The maximum absolute atomic E-state index is 11.6. The van der Waals surface area contributed by atoms with Crippen molar-refractivity contribution in [3.05, 3.63) is 0 Å². The lowest BCUT2D eigenvalue weighted by Crippen LogP contribution is -2.37. The summed E-state index contributed by atoms with van der Waals surface area (Å²) in [6, 6.07) is -0.560. The highest BCUT2D eigenvalue weighted by atomic mass is 32.2. The number of hydrogen-bond acceptors (Lipinski definition) is 4. The molecule has 2 fully saturated rings. The lowest BCUT2D eigenvalue weighted by atomic mass is 10.2. The number of urea groups is 1. The first kappa shape index (κ1) is 11.7. The summed E-state index contributed by atoms with van der Waals surface area (Å²) in [5, 5.41) is 2.72. The third-order valence-corrected chi connectivity index (χ3v) is 4.76. The zero-order valence-corrected chi connectivity index (χ0v) is 10.00. The molecule has 0 aromatic heterocycles. The number of hydrogen-bond donors (Lipinski definition) is 1. The molecule has 0 bridgehead atoms. The van der Waals surface area contributed by atoms with Crippen LogP contribution in [0.15, 0.2) is 0 Å². The van der Waals surface area contributed by atoms with E-state index in [1.165, 1.54) is 0 Å². The molecule has 1 N–H and O–H groups in total. The van der Waals surface area contributed by atoms with Gasteiger partial charge in [0.1, 0.15) is 0 Å². The molecule has 6 nitrogen and oxygen atoms in total. The van der Waals surface area contributed by atoms with E-state index >= 15 is 0 Å². The molecule has 7 heteroatoms. The largest absolute Gasteiger partial charge is 0.385 e. The van der Waals surface area contributed by atoms with Crippen LogP contribution in [-0.4, -0.2) is 63.2 Å². The summed E-state index contributed by atoms with van der Waals surface area (Å²) >= 11 is 0. The molecule has 2 amide bonds. The number of nitrogens with zero attached hydrogens (tertiary/aromatic N) is 1. The number of rotatable bonds is 4. The Kier molecular flexibility index (Phi) is 3.07. The number of ether oxygens (including phenoxy) is 1. The number of amides is 2. The Bertz CT molecular complexity index is 381. The molecular weight excluding hydrogens is 232 g/mol. The van der Waals surface area contributed by atoms with Crippen molar-refractivity contribution in [3.63, 3.8) is 0 Å². The van der Waals surface area contributed by atoms with Gasteiger partial charge in [-0.05, 0) is 6.42 Å². The first-order valence-corrected chi connectivity index (χ1v) is 7.12. The maximum atomic E-state index is 11.6. The van der Waals surface area contributed by atoms with Crippen molar-refractivity contribution in [3.8, 4) is 0 Å². The van der Waals surface area contributed by atoms with Crippen LogP contribution in [0.25, 0.3) is 0 Å². The van der Waals surface area contributed by atoms with E-state index in [0.29, 0.717) is 13.2 Å². The molecule has 2 heterocycles. The van der Waals surface area contributed by atoms with Gasteiger partial charge in [0.2, 0.25) is 0 Å². The predicted molar refractivity (Wildman–Crippen MR) is 58.0 cm³/mol. The maximum Gasteiger partial charge on any atom is 0.318 e. The first-order valence-electron chi connectivity index (χ1n) is 5.30. The van der Waals surface area contributed by atoms with Gasteiger partial charge in [-0.25, -0.2) is 13.2 Å². The van der Waals surface area contributed by atoms with E-state index in [2.05, 4.69) is 5.32 Å². The molecule has 0 radical (unpaired) electrons. The van der Waals surface area contributed by atoms with Crippen LogP contribution in [0.4, 0.5) is 4.79 Å². The third-order valence-electron chi connectivity index (χ3n) is 3.04. The minimum absolute atomic E-state index is 0.0736. The van der Waals surface area contributed by atoms with Crippen LogP contribution in [0, 0.1) is 0 Å². The fourth-order valence-corrected chi connectivity index (χ4v) is 4.23. The minimum Gasteiger partial charge on any atom is -0.385 e. The quantitative estimate of drug-likeness (QED) is 0.523. The van der Waals surface area contributed by atoms with Gasteiger partial charge >= 0.3 is 6.03 Å². The molecule has 2 saturated heterocycles. The number of carbonyl (C=O) groups excluding carboxylic acids is 1. The first-order chi connectivity index (χ1) is 7.53. The van der Waals surface area contributed by atoms with Crippen LogP contribution in [0.2, 0.25) is 0 Å². The summed E-state index contributed by atoms with van der Waals surface area (Å²) < 4.78 is 27.8. The average Bonchev–Trinajstić information content (AvgIpc) is 2.60. The van der Waals surface area contributed by atoms with E-state index in [1.807, 2.05) is 0 Å². The predicted octanol–water partition coefficient (Wildman–Crippen LogP) is -0.786. The molecule has 0 aromatic rings. The molecule has 2 atom stereocenters.